The lowest BCUT2D eigenvalue weighted by Crippen LogP contribution is -2.29. The molecule has 0 aromatic rings. The maximum atomic E-state index is 4.57. The number of hydrogen-bond acceptors (Lipinski definition) is 4. The van der Waals surface area contributed by atoms with E-state index < -0.39 is 0 Å². The zero-order valence-electron chi connectivity index (χ0n) is 13.4. The Labute approximate surface area is 122 Å². The van der Waals surface area contributed by atoms with Crippen molar-refractivity contribution < 1.29 is 0 Å². The summed E-state index contributed by atoms with van der Waals surface area (Å²) in [5.74, 6) is 2.09. The molecule has 0 spiro atoms. The quantitative estimate of drug-likeness (QED) is 0.778. The summed E-state index contributed by atoms with van der Waals surface area (Å²) in [6, 6.07) is 0. The first kappa shape index (κ1) is 18.0. The topological polar surface area (TPSA) is 31.2 Å². The van der Waals surface area contributed by atoms with Gasteiger partial charge in [-0.05, 0) is 20.1 Å². The van der Waals surface area contributed by atoms with Crippen LogP contribution >= 0.6 is 11.8 Å². The number of hydrogen-bond donors (Lipinski definition) is 0. The Morgan fingerprint density at radius 3 is 2.53 bits per heavy atom. The van der Waals surface area contributed by atoms with Gasteiger partial charge >= 0.3 is 0 Å². The third kappa shape index (κ3) is 5.27. The van der Waals surface area contributed by atoms with Gasteiger partial charge in [0.15, 0.2) is 5.84 Å². The van der Waals surface area contributed by atoms with Crippen molar-refractivity contribution in [3.05, 3.63) is 11.4 Å². The van der Waals surface area contributed by atoms with Gasteiger partial charge in [-0.25, -0.2) is 4.99 Å². The average Bonchev–Trinajstić information content (AvgIpc) is 2.81. The van der Waals surface area contributed by atoms with Gasteiger partial charge in [-0.15, -0.1) is 0 Å². The number of thioether (sulfide) groups is 1. The molecule has 0 aromatic heterocycles. The van der Waals surface area contributed by atoms with Crippen molar-refractivity contribution in [1.82, 2.24) is 9.80 Å². The fourth-order valence-electron chi connectivity index (χ4n) is 1.51. The van der Waals surface area contributed by atoms with E-state index >= 15 is 0 Å². The van der Waals surface area contributed by atoms with Crippen LogP contribution in [0.4, 0.5) is 0 Å². The molecule has 0 amide bonds. The first-order chi connectivity index (χ1) is 9.11. The summed E-state index contributed by atoms with van der Waals surface area (Å²) in [6.45, 7) is 9.89. The molecule has 1 rings (SSSR count). The van der Waals surface area contributed by atoms with Gasteiger partial charge in [-0.2, -0.15) is 11.8 Å². The Hall–Kier alpha value is -0.970. The lowest BCUT2D eigenvalue weighted by atomic mass is 10.3. The van der Waals surface area contributed by atoms with E-state index in [9.17, 15) is 0 Å². The van der Waals surface area contributed by atoms with Gasteiger partial charge in [0.25, 0.3) is 0 Å². The molecule has 0 bridgehead atoms. The molecule has 0 unspecified atom stereocenters. The van der Waals surface area contributed by atoms with Crippen LogP contribution in [0.15, 0.2) is 21.4 Å². The fraction of sp³-hybridized carbons (Fsp3) is 0.714. The predicted molar refractivity (Wildman–Crippen MR) is 89.3 cm³/mol. The van der Waals surface area contributed by atoms with Gasteiger partial charge in [-0.3, -0.25) is 4.99 Å². The molecule has 0 aromatic carbocycles. The highest BCUT2D eigenvalue weighted by Crippen LogP contribution is 2.18. The van der Waals surface area contributed by atoms with E-state index in [4.69, 9.17) is 0 Å². The summed E-state index contributed by atoms with van der Waals surface area (Å²) in [5.41, 5.74) is 2.15. The first-order valence-corrected chi connectivity index (χ1v) is 8.24. The molecule has 0 saturated heterocycles. The van der Waals surface area contributed by atoms with E-state index in [2.05, 4.69) is 39.9 Å². The number of aliphatic imine (C=N–C) groups is 2. The van der Waals surface area contributed by atoms with Crippen molar-refractivity contribution in [1.29, 1.82) is 0 Å². The molecule has 0 aliphatic carbocycles. The minimum absolute atomic E-state index is 0.790. The van der Waals surface area contributed by atoms with E-state index in [0.29, 0.717) is 0 Å². The zero-order chi connectivity index (χ0) is 14.8. The van der Waals surface area contributed by atoms with Gasteiger partial charge in [0.2, 0.25) is 0 Å². The van der Waals surface area contributed by atoms with Crippen LogP contribution in [0.5, 0.6) is 0 Å². The third-order valence-corrected chi connectivity index (χ3v) is 3.26. The molecule has 5 heteroatoms. The smallest absolute Gasteiger partial charge is 0.157 e. The highest BCUT2D eigenvalue weighted by Gasteiger charge is 2.22. The summed E-state index contributed by atoms with van der Waals surface area (Å²) >= 11 is 1.84. The SMILES string of the molecule is CC.CCN=C1/C(=C(\C)N(C)C)N=CN1CCSC. The normalized spacial score (nSPS) is 18.5. The highest BCUT2D eigenvalue weighted by molar-refractivity contribution is 7.98. The van der Waals surface area contributed by atoms with Gasteiger partial charge in [0.1, 0.15) is 5.70 Å². The van der Waals surface area contributed by atoms with Crippen molar-refractivity contribution in [3.8, 4) is 0 Å². The molecular weight excluding hydrogens is 256 g/mol. The standard InChI is InChI=1S/C12H22N4S.C2H6/c1-6-13-12-11(10(2)15(3)4)14-9-16(12)7-8-17-5;1-2/h9H,6-8H2,1-5H3;1-2H3/b11-10-,13-12?;. The highest BCUT2D eigenvalue weighted by atomic mass is 32.2. The minimum atomic E-state index is 0.790. The van der Waals surface area contributed by atoms with Gasteiger partial charge < -0.3 is 9.80 Å². The van der Waals surface area contributed by atoms with Crippen LogP contribution in [0.3, 0.4) is 0 Å². The largest absolute Gasteiger partial charge is 0.379 e. The summed E-state index contributed by atoms with van der Waals surface area (Å²) in [6.07, 6.45) is 4.01. The fourth-order valence-corrected chi connectivity index (χ4v) is 1.89. The van der Waals surface area contributed by atoms with Crippen LogP contribution in [-0.4, -0.2) is 61.2 Å². The number of amidine groups is 1. The second-order valence-electron chi connectivity index (χ2n) is 4.06. The van der Waals surface area contributed by atoms with Crippen LogP contribution in [-0.2, 0) is 0 Å². The lowest BCUT2D eigenvalue weighted by Gasteiger charge is -2.18. The van der Waals surface area contributed by atoms with E-state index in [1.807, 2.05) is 46.0 Å². The van der Waals surface area contributed by atoms with Crippen LogP contribution < -0.4 is 0 Å². The molecule has 110 valence electrons. The maximum Gasteiger partial charge on any atom is 0.157 e. The zero-order valence-corrected chi connectivity index (χ0v) is 14.2. The Bertz CT molecular complexity index is 345. The third-order valence-electron chi connectivity index (χ3n) is 2.67. The molecule has 4 nitrogen and oxygen atoms in total. The van der Waals surface area contributed by atoms with Gasteiger partial charge in [0, 0.05) is 38.6 Å². The molecule has 1 aliphatic heterocycles. The number of rotatable bonds is 5. The van der Waals surface area contributed by atoms with Crippen LogP contribution in [0, 0.1) is 0 Å². The predicted octanol–water partition coefficient (Wildman–Crippen LogP) is 2.93. The number of allylic oxidation sites excluding steroid dienone is 1. The number of nitrogens with zero attached hydrogens (tertiary/aromatic N) is 4. The Morgan fingerprint density at radius 2 is 2.05 bits per heavy atom. The van der Waals surface area contributed by atoms with Crippen molar-refractivity contribution in [2.45, 2.75) is 27.7 Å². The molecule has 1 heterocycles. The molecule has 0 radical (unpaired) electrons. The van der Waals surface area contributed by atoms with E-state index in [-0.39, 0.29) is 0 Å². The van der Waals surface area contributed by atoms with E-state index in [0.717, 1.165) is 36.1 Å². The van der Waals surface area contributed by atoms with E-state index in [1.54, 1.807) is 0 Å². The summed E-state index contributed by atoms with van der Waals surface area (Å²) < 4.78 is 0. The minimum Gasteiger partial charge on any atom is -0.379 e. The monoisotopic (exact) mass is 284 g/mol. The molecular formula is C14H28N4S. The van der Waals surface area contributed by atoms with Crippen molar-refractivity contribution in [2.24, 2.45) is 9.98 Å². The molecule has 0 fully saturated rings. The van der Waals surface area contributed by atoms with Gasteiger partial charge in [-0.1, -0.05) is 13.8 Å². The summed E-state index contributed by atoms with van der Waals surface area (Å²) in [4.78, 5) is 13.3. The summed E-state index contributed by atoms with van der Waals surface area (Å²) in [7, 11) is 4.07. The Morgan fingerprint density at radius 1 is 1.42 bits per heavy atom. The first-order valence-electron chi connectivity index (χ1n) is 6.84. The second kappa shape index (κ2) is 9.89. The Balaban J connectivity index is 0.00000154. The maximum absolute atomic E-state index is 4.57. The van der Waals surface area contributed by atoms with Crippen molar-refractivity contribution in [3.63, 3.8) is 0 Å². The van der Waals surface area contributed by atoms with Crippen molar-refractivity contribution in [2.75, 3.05) is 39.2 Å². The van der Waals surface area contributed by atoms with Crippen molar-refractivity contribution >= 4 is 23.9 Å². The van der Waals surface area contributed by atoms with E-state index in [1.165, 1.54) is 0 Å². The average molecular weight is 284 g/mol. The molecule has 1 aliphatic rings. The second-order valence-corrected chi connectivity index (χ2v) is 5.04. The molecule has 0 saturated carbocycles. The summed E-state index contributed by atoms with van der Waals surface area (Å²) in [5, 5.41) is 0. The molecule has 19 heavy (non-hydrogen) atoms. The van der Waals surface area contributed by atoms with Crippen LogP contribution in [0.25, 0.3) is 0 Å². The van der Waals surface area contributed by atoms with Gasteiger partial charge in [0.05, 0.1) is 6.34 Å². The lowest BCUT2D eigenvalue weighted by molar-refractivity contribution is 0.508. The molecule has 0 atom stereocenters. The van der Waals surface area contributed by atoms with Crippen LogP contribution in [0.1, 0.15) is 27.7 Å². The molecule has 0 N–H and O–H groups in total. The Kier molecular flexibility index (Phi) is 9.39. The van der Waals surface area contributed by atoms with Crippen LogP contribution in [0.2, 0.25) is 0 Å².